The standard InChI is InChI=1S/C11H10BrN3O3/c12-11-5-10(15(16)17)2-1-8(11)6-13-7-9-3-4-18-14-9/h1-5,13H,6-7H2. The lowest BCUT2D eigenvalue weighted by molar-refractivity contribution is -0.384. The van der Waals surface area contributed by atoms with Gasteiger partial charge in [-0.25, -0.2) is 0 Å². The van der Waals surface area contributed by atoms with Crippen molar-refractivity contribution in [3.05, 3.63) is 56.4 Å². The van der Waals surface area contributed by atoms with Crippen molar-refractivity contribution in [1.82, 2.24) is 10.5 Å². The van der Waals surface area contributed by atoms with E-state index in [2.05, 4.69) is 26.4 Å². The lowest BCUT2D eigenvalue weighted by atomic mass is 10.2. The molecule has 94 valence electrons. The van der Waals surface area contributed by atoms with Gasteiger partial charge in [-0.1, -0.05) is 21.1 Å². The Morgan fingerprint density at radius 3 is 2.83 bits per heavy atom. The lowest BCUT2D eigenvalue weighted by Gasteiger charge is -2.05. The van der Waals surface area contributed by atoms with E-state index in [4.69, 9.17) is 4.52 Å². The third-order valence-corrected chi connectivity index (χ3v) is 3.10. The Morgan fingerprint density at radius 1 is 1.39 bits per heavy atom. The molecular formula is C11H10BrN3O3. The number of rotatable bonds is 5. The van der Waals surface area contributed by atoms with E-state index in [0.29, 0.717) is 17.6 Å². The number of nitro benzene ring substituents is 1. The molecule has 0 amide bonds. The first-order chi connectivity index (χ1) is 8.66. The van der Waals surface area contributed by atoms with Crippen LogP contribution in [0, 0.1) is 10.1 Å². The average molecular weight is 312 g/mol. The molecule has 1 aromatic carbocycles. The highest BCUT2D eigenvalue weighted by Crippen LogP contribution is 2.22. The van der Waals surface area contributed by atoms with Crippen molar-refractivity contribution in [2.24, 2.45) is 0 Å². The number of hydrogen-bond acceptors (Lipinski definition) is 5. The molecule has 0 aliphatic carbocycles. The molecule has 1 heterocycles. The molecule has 0 spiro atoms. The van der Waals surface area contributed by atoms with Crippen LogP contribution in [-0.2, 0) is 13.1 Å². The summed E-state index contributed by atoms with van der Waals surface area (Å²) in [5.74, 6) is 0. The number of hydrogen-bond donors (Lipinski definition) is 1. The number of halogens is 1. The zero-order chi connectivity index (χ0) is 13.0. The second-order valence-corrected chi connectivity index (χ2v) is 4.48. The highest BCUT2D eigenvalue weighted by atomic mass is 79.9. The SMILES string of the molecule is O=[N+]([O-])c1ccc(CNCc2ccon2)c(Br)c1. The second kappa shape index (κ2) is 5.74. The Balaban J connectivity index is 1.95. The Hall–Kier alpha value is -1.73. The van der Waals surface area contributed by atoms with Crippen LogP contribution in [0.25, 0.3) is 0 Å². The van der Waals surface area contributed by atoms with Crippen molar-refractivity contribution in [2.75, 3.05) is 0 Å². The van der Waals surface area contributed by atoms with Gasteiger partial charge >= 0.3 is 0 Å². The van der Waals surface area contributed by atoms with Crippen molar-refractivity contribution >= 4 is 21.6 Å². The maximum absolute atomic E-state index is 10.6. The first-order valence-electron chi connectivity index (χ1n) is 5.19. The summed E-state index contributed by atoms with van der Waals surface area (Å²) in [6.07, 6.45) is 1.51. The average Bonchev–Trinajstić information content (AvgIpc) is 2.84. The zero-order valence-corrected chi connectivity index (χ0v) is 10.9. The van der Waals surface area contributed by atoms with Gasteiger partial charge in [0.2, 0.25) is 0 Å². The maximum Gasteiger partial charge on any atom is 0.270 e. The largest absolute Gasteiger partial charge is 0.364 e. The highest BCUT2D eigenvalue weighted by Gasteiger charge is 2.08. The number of aromatic nitrogens is 1. The summed E-state index contributed by atoms with van der Waals surface area (Å²) >= 11 is 3.32. The Labute approximate surface area is 111 Å². The van der Waals surface area contributed by atoms with Crippen molar-refractivity contribution in [1.29, 1.82) is 0 Å². The van der Waals surface area contributed by atoms with Gasteiger partial charge in [-0.3, -0.25) is 10.1 Å². The minimum Gasteiger partial charge on any atom is -0.364 e. The topological polar surface area (TPSA) is 81.2 Å². The van der Waals surface area contributed by atoms with E-state index < -0.39 is 4.92 Å². The molecule has 0 bridgehead atoms. The van der Waals surface area contributed by atoms with E-state index >= 15 is 0 Å². The predicted molar refractivity (Wildman–Crippen MR) is 67.8 cm³/mol. The summed E-state index contributed by atoms with van der Waals surface area (Å²) < 4.78 is 5.42. The fourth-order valence-electron chi connectivity index (χ4n) is 1.45. The van der Waals surface area contributed by atoms with Gasteiger partial charge in [-0.15, -0.1) is 0 Å². The summed E-state index contributed by atoms with van der Waals surface area (Å²) in [5, 5.41) is 17.5. The molecule has 0 aliphatic rings. The van der Waals surface area contributed by atoms with Gasteiger partial charge in [0.25, 0.3) is 5.69 Å². The predicted octanol–water partition coefficient (Wildman–Crippen LogP) is 2.64. The zero-order valence-electron chi connectivity index (χ0n) is 9.30. The van der Waals surface area contributed by atoms with E-state index in [0.717, 1.165) is 11.3 Å². The van der Waals surface area contributed by atoms with Crippen LogP contribution in [0.4, 0.5) is 5.69 Å². The Morgan fingerprint density at radius 2 is 2.22 bits per heavy atom. The van der Waals surface area contributed by atoms with Gasteiger partial charge < -0.3 is 9.84 Å². The number of non-ortho nitro benzene ring substituents is 1. The fourth-order valence-corrected chi connectivity index (χ4v) is 1.95. The molecule has 2 rings (SSSR count). The van der Waals surface area contributed by atoms with E-state index in [1.54, 1.807) is 12.1 Å². The van der Waals surface area contributed by atoms with Crippen LogP contribution in [0.5, 0.6) is 0 Å². The third-order valence-electron chi connectivity index (χ3n) is 2.36. The van der Waals surface area contributed by atoms with E-state index in [1.807, 2.05) is 0 Å². The van der Waals surface area contributed by atoms with Crippen LogP contribution < -0.4 is 5.32 Å². The summed E-state index contributed by atoms with van der Waals surface area (Å²) in [4.78, 5) is 10.2. The minimum atomic E-state index is -0.419. The molecule has 0 aliphatic heterocycles. The first kappa shape index (κ1) is 12.7. The molecule has 0 saturated heterocycles. The van der Waals surface area contributed by atoms with Crippen LogP contribution in [-0.4, -0.2) is 10.1 Å². The third kappa shape index (κ3) is 3.14. The number of nitro groups is 1. The Bertz CT molecular complexity index is 542. The fraction of sp³-hybridized carbons (Fsp3) is 0.182. The molecule has 0 fully saturated rings. The molecule has 1 aromatic heterocycles. The van der Waals surface area contributed by atoms with Crippen LogP contribution in [0.3, 0.4) is 0 Å². The van der Waals surface area contributed by atoms with Crippen molar-refractivity contribution in [3.63, 3.8) is 0 Å². The number of nitrogens with one attached hydrogen (secondary N) is 1. The highest BCUT2D eigenvalue weighted by molar-refractivity contribution is 9.10. The van der Waals surface area contributed by atoms with Crippen LogP contribution in [0.2, 0.25) is 0 Å². The molecule has 7 heteroatoms. The molecule has 1 N–H and O–H groups in total. The van der Waals surface area contributed by atoms with Crippen molar-refractivity contribution in [3.8, 4) is 0 Å². The monoisotopic (exact) mass is 311 g/mol. The van der Waals surface area contributed by atoms with Gasteiger partial charge in [-0.05, 0) is 11.6 Å². The molecule has 18 heavy (non-hydrogen) atoms. The number of nitrogens with zero attached hydrogens (tertiary/aromatic N) is 2. The minimum absolute atomic E-state index is 0.0714. The molecule has 2 aromatic rings. The molecular weight excluding hydrogens is 302 g/mol. The van der Waals surface area contributed by atoms with E-state index in [9.17, 15) is 10.1 Å². The number of benzene rings is 1. The van der Waals surface area contributed by atoms with Crippen LogP contribution >= 0.6 is 15.9 Å². The summed E-state index contributed by atoms with van der Waals surface area (Å²) in [6.45, 7) is 1.17. The normalized spacial score (nSPS) is 10.5. The molecule has 0 saturated carbocycles. The molecule has 0 atom stereocenters. The van der Waals surface area contributed by atoms with Gasteiger partial charge in [0.05, 0.1) is 10.6 Å². The van der Waals surface area contributed by atoms with E-state index in [-0.39, 0.29) is 5.69 Å². The summed E-state index contributed by atoms with van der Waals surface area (Å²) in [6, 6.07) is 6.47. The second-order valence-electron chi connectivity index (χ2n) is 3.63. The van der Waals surface area contributed by atoms with Gasteiger partial charge in [0.15, 0.2) is 0 Å². The smallest absolute Gasteiger partial charge is 0.270 e. The molecule has 0 radical (unpaired) electrons. The van der Waals surface area contributed by atoms with Gasteiger partial charge in [-0.2, -0.15) is 0 Å². The Kier molecular flexibility index (Phi) is 4.06. The van der Waals surface area contributed by atoms with Crippen molar-refractivity contribution < 1.29 is 9.45 Å². The van der Waals surface area contributed by atoms with Crippen molar-refractivity contribution in [2.45, 2.75) is 13.1 Å². The van der Waals surface area contributed by atoms with Gasteiger partial charge in [0, 0.05) is 35.8 Å². The lowest BCUT2D eigenvalue weighted by Crippen LogP contribution is -2.13. The maximum atomic E-state index is 10.6. The summed E-state index contributed by atoms with van der Waals surface area (Å²) in [7, 11) is 0. The first-order valence-corrected chi connectivity index (χ1v) is 5.99. The van der Waals surface area contributed by atoms with Gasteiger partial charge in [0.1, 0.15) is 6.26 Å². The molecule has 6 nitrogen and oxygen atoms in total. The quantitative estimate of drug-likeness (QED) is 0.678. The van der Waals surface area contributed by atoms with Crippen LogP contribution in [0.15, 0.2) is 39.5 Å². The summed E-state index contributed by atoms with van der Waals surface area (Å²) in [5.41, 5.74) is 1.83. The molecule has 0 unspecified atom stereocenters. The van der Waals surface area contributed by atoms with Crippen LogP contribution in [0.1, 0.15) is 11.3 Å². The van der Waals surface area contributed by atoms with E-state index in [1.165, 1.54) is 18.4 Å².